The third-order valence-electron chi connectivity index (χ3n) is 8.72. The van der Waals surface area contributed by atoms with E-state index in [0.717, 1.165) is 44.9 Å². The molecule has 6 atom stereocenters. The minimum Gasteiger partial charge on any atom is -0.395 e. The smallest absolute Gasteiger partial charge is 0.139 e. The van der Waals surface area contributed by atoms with Crippen molar-refractivity contribution in [3.05, 3.63) is 0 Å². The van der Waals surface area contributed by atoms with Crippen LogP contribution >= 0.6 is 0 Å². The fraction of sp³-hybridized carbons (Fsp3) is 0.864. The van der Waals surface area contributed by atoms with Gasteiger partial charge in [0.1, 0.15) is 12.4 Å². The quantitative estimate of drug-likeness (QED) is 0.606. The number of Topliss-reactive ketones (excluding diaryl/α,β-unsaturated/α-hetero) is 1. The third kappa shape index (κ3) is 2.88. The van der Waals surface area contributed by atoms with Crippen LogP contribution in [-0.2, 0) is 9.63 Å². The van der Waals surface area contributed by atoms with E-state index in [1.807, 2.05) is 7.05 Å². The van der Waals surface area contributed by atoms with Gasteiger partial charge in [0.05, 0.1) is 5.71 Å². The molecule has 4 fully saturated rings. The van der Waals surface area contributed by atoms with E-state index in [4.69, 9.17) is 15.6 Å². The Labute approximate surface area is 163 Å². The molecular weight excluding hydrogens is 338 g/mol. The van der Waals surface area contributed by atoms with Gasteiger partial charge in [0.15, 0.2) is 0 Å². The zero-order valence-corrected chi connectivity index (χ0v) is 17.2. The Morgan fingerprint density at radius 3 is 2.70 bits per heavy atom. The molecule has 5 nitrogen and oxygen atoms in total. The molecule has 150 valence electrons. The van der Waals surface area contributed by atoms with Crippen molar-refractivity contribution < 1.29 is 9.63 Å². The molecule has 4 saturated carbocycles. The molecule has 4 rings (SSSR count). The van der Waals surface area contributed by atoms with Crippen molar-refractivity contribution in [2.45, 2.75) is 65.2 Å². The summed E-state index contributed by atoms with van der Waals surface area (Å²) >= 11 is 0. The average molecular weight is 374 g/mol. The number of ketones is 1. The van der Waals surface area contributed by atoms with E-state index in [9.17, 15) is 4.79 Å². The van der Waals surface area contributed by atoms with Crippen LogP contribution in [0.3, 0.4) is 0 Å². The van der Waals surface area contributed by atoms with E-state index in [2.05, 4.69) is 19.0 Å². The Morgan fingerprint density at radius 2 is 1.96 bits per heavy atom. The highest BCUT2D eigenvalue weighted by Gasteiger charge is 2.61. The summed E-state index contributed by atoms with van der Waals surface area (Å²) in [6.45, 7) is 5.73. The summed E-state index contributed by atoms with van der Waals surface area (Å²) in [4.78, 5) is 22.8. The van der Waals surface area contributed by atoms with Crippen molar-refractivity contribution in [3.63, 3.8) is 0 Å². The molecule has 4 aliphatic carbocycles. The Kier molecular flexibility index (Phi) is 4.94. The van der Waals surface area contributed by atoms with Gasteiger partial charge in [0.25, 0.3) is 0 Å². The molecule has 0 amide bonds. The van der Waals surface area contributed by atoms with Crippen molar-refractivity contribution >= 4 is 17.2 Å². The Bertz CT molecular complexity index is 672. The van der Waals surface area contributed by atoms with Gasteiger partial charge in [-0.05, 0) is 68.1 Å². The van der Waals surface area contributed by atoms with Crippen molar-refractivity contribution in [1.82, 2.24) is 0 Å². The first-order valence-corrected chi connectivity index (χ1v) is 10.8. The van der Waals surface area contributed by atoms with Crippen LogP contribution in [0.15, 0.2) is 10.1 Å². The van der Waals surface area contributed by atoms with Crippen LogP contribution in [0.5, 0.6) is 0 Å². The third-order valence-corrected chi connectivity index (χ3v) is 8.72. The molecule has 6 unspecified atom stereocenters. The maximum absolute atomic E-state index is 12.6. The molecule has 0 radical (unpaired) electrons. The van der Waals surface area contributed by atoms with E-state index in [1.165, 1.54) is 17.8 Å². The van der Waals surface area contributed by atoms with Gasteiger partial charge >= 0.3 is 0 Å². The summed E-state index contributed by atoms with van der Waals surface area (Å²) in [7, 11) is 1.95. The van der Waals surface area contributed by atoms with E-state index >= 15 is 0 Å². The van der Waals surface area contributed by atoms with Crippen LogP contribution in [0.25, 0.3) is 0 Å². The first-order valence-electron chi connectivity index (χ1n) is 10.8. The van der Waals surface area contributed by atoms with Crippen LogP contribution in [-0.4, -0.2) is 37.4 Å². The highest BCUT2D eigenvalue weighted by atomic mass is 16.6. The molecular formula is C22H35N3O2. The molecule has 0 heterocycles. The number of hydrogen-bond acceptors (Lipinski definition) is 5. The van der Waals surface area contributed by atoms with E-state index in [0.29, 0.717) is 42.6 Å². The first-order chi connectivity index (χ1) is 12.9. The van der Waals surface area contributed by atoms with Crippen molar-refractivity contribution in [2.75, 3.05) is 20.2 Å². The van der Waals surface area contributed by atoms with Crippen LogP contribution in [0, 0.1) is 34.5 Å². The lowest BCUT2D eigenvalue weighted by Gasteiger charge is -2.59. The molecule has 0 aromatic carbocycles. The van der Waals surface area contributed by atoms with Gasteiger partial charge in [0, 0.05) is 37.1 Å². The maximum Gasteiger partial charge on any atom is 0.139 e. The van der Waals surface area contributed by atoms with Gasteiger partial charge in [-0.1, -0.05) is 19.0 Å². The lowest BCUT2D eigenvalue weighted by molar-refractivity contribution is -0.133. The zero-order valence-electron chi connectivity index (χ0n) is 17.2. The average Bonchev–Trinajstić information content (AvgIpc) is 2.96. The van der Waals surface area contributed by atoms with Crippen molar-refractivity contribution in [1.29, 1.82) is 0 Å². The van der Waals surface area contributed by atoms with Crippen molar-refractivity contribution in [2.24, 2.45) is 50.4 Å². The monoisotopic (exact) mass is 373 g/mol. The first kappa shape index (κ1) is 19.1. The highest BCUT2D eigenvalue weighted by Crippen LogP contribution is 2.64. The summed E-state index contributed by atoms with van der Waals surface area (Å²) in [6, 6.07) is 0. The molecule has 5 heteroatoms. The second-order valence-electron chi connectivity index (χ2n) is 9.76. The number of carbonyl (C=O) groups is 1. The van der Waals surface area contributed by atoms with Crippen LogP contribution < -0.4 is 5.73 Å². The standard InChI is InChI=1S/C22H35N3O2/c1-21-8-6-14(25-27-11-10-23)12-18(21)19(24-3)13-15-16-4-5-20(26)22(16,2)9-7-17(15)21/h15-18H,4-13,23H2,1-3H3. The molecule has 0 bridgehead atoms. The summed E-state index contributed by atoms with van der Waals surface area (Å²) in [5.41, 5.74) is 8.24. The molecule has 0 aromatic rings. The minimum absolute atomic E-state index is 0.0689. The van der Waals surface area contributed by atoms with E-state index < -0.39 is 0 Å². The van der Waals surface area contributed by atoms with E-state index in [1.54, 1.807) is 0 Å². The van der Waals surface area contributed by atoms with Gasteiger partial charge in [-0.25, -0.2) is 0 Å². The second-order valence-corrected chi connectivity index (χ2v) is 9.76. The Morgan fingerprint density at radius 1 is 1.15 bits per heavy atom. The largest absolute Gasteiger partial charge is 0.395 e. The van der Waals surface area contributed by atoms with Gasteiger partial charge in [-0.2, -0.15) is 0 Å². The Hall–Kier alpha value is -1.23. The fourth-order valence-electron chi connectivity index (χ4n) is 7.17. The van der Waals surface area contributed by atoms with Crippen LogP contribution in [0.2, 0.25) is 0 Å². The lowest BCUT2D eigenvalue weighted by Crippen LogP contribution is -2.56. The molecule has 4 aliphatic rings. The predicted octanol–water partition coefficient (Wildman–Crippen LogP) is 3.61. The topological polar surface area (TPSA) is 77.0 Å². The molecule has 0 aromatic heterocycles. The van der Waals surface area contributed by atoms with Gasteiger partial charge in [-0.3, -0.25) is 9.79 Å². The molecule has 27 heavy (non-hydrogen) atoms. The number of nitrogens with two attached hydrogens (primary N) is 1. The number of rotatable bonds is 3. The number of nitrogens with zero attached hydrogens (tertiary/aromatic N) is 2. The Balaban J connectivity index is 1.61. The number of fused-ring (bicyclic) bond motifs is 5. The highest BCUT2D eigenvalue weighted by molar-refractivity contribution is 5.96. The minimum atomic E-state index is -0.0689. The predicted molar refractivity (Wildman–Crippen MR) is 108 cm³/mol. The number of carbonyl (C=O) groups excluding carboxylic acids is 1. The molecule has 0 aliphatic heterocycles. The van der Waals surface area contributed by atoms with E-state index in [-0.39, 0.29) is 10.8 Å². The fourth-order valence-corrected chi connectivity index (χ4v) is 7.17. The molecule has 0 spiro atoms. The number of hydrogen-bond donors (Lipinski definition) is 1. The molecule has 2 N–H and O–H groups in total. The van der Waals surface area contributed by atoms with Gasteiger partial charge in [0.2, 0.25) is 0 Å². The lowest BCUT2D eigenvalue weighted by atomic mass is 9.45. The number of aliphatic imine (C=N–C) groups is 1. The summed E-state index contributed by atoms with van der Waals surface area (Å²) in [5.74, 6) is 2.88. The van der Waals surface area contributed by atoms with Crippen molar-refractivity contribution in [3.8, 4) is 0 Å². The SMILES string of the molecule is CN=C1CC2C3CCC(=O)C3(C)CCC2C2(C)CCC(=NOCCN)CC12. The maximum atomic E-state index is 12.6. The van der Waals surface area contributed by atoms with Crippen LogP contribution in [0.1, 0.15) is 65.2 Å². The molecule has 0 saturated heterocycles. The summed E-state index contributed by atoms with van der Waals surface area (Å²) in [6.07, 6.45) is 8.37. The number of oxime groups is 1. The zero-order chi connectivity index (χ0) is 19.2. The van der Waals surface area contributed by atoms with Crippen LogP contribution in [0.4, 0.5) is 0 Å². The normalized spacial score (nSPS) is 46.9. The summed E-state index contributed by atoms with van der Waals surface area (Å²) in [5, 5.41) is 4.38. The second kappa shape index (κ2) is 6.98. The van der Waals surface area contributed by atoms with Gasteiger partial charge in [-0.15, -0.1) is 0 Å². The summed E-state index contributed by atoms with van der Waals surface area (Å²) < 4.78 is 0. The van der Waals surface area contributed by atoms with Gasteiger partial charge < -0.3 is 10.6 Å².